The second-order valence-electron chi connectivity index (χ2n) is 4.43. The molecule has 17 heavy (non-hydrogen) atoms. The summed E-state index contributed by atoms with van der Waals surface area (Å²) in [6.45, 7) is 2.22. The quantitative estimate of drug-likeness (QED) is 0.269. The molecule has 0 aliphatic rings. The maximum absolute atomic E-state index is 3.46. The monoisotopic (exact) mass is 298 g/mol. The molecule has 0 heterocycles. The SMILES string of the molecule is CCCC/C=C\C#CCCCCCCCCBr. The molecule has 0 spiro atoms. The van der Waals surface area contributed by atoms with Gasteiger partial charge in [0.1, 0.15) is 0 Å². The summed E-state index contributed by atoms with van der Waals surface area (Å²) in [4.78, 5) is 0. The average Bonchev–Trinajstić information content (AvgIpc) is 2.35. The smallest absolute Gasteiger partial charge is 0.00922 e. The minimum Gasteiger partial charge on any atom is -0.0985 e. The molecule has 0 aromatic carbocycles. The second kappa shape index (κ2) is 15.8. The van der Waals surface area contributed by atoms with E-state index in [0.717, 1.165) is 11.8 Å². The molecule has 0 amide bonds. The van der Waals surface area contributed by atoms with Gasteiger partial charge in [0.2, 0.25) is 0 Å². The van der Waals surface area contributed by atoms with Crippen molar-refractivity contribution < 1.29 is 0 Å². The van der Waals surface area contributed by atoms with E-state index in [0.29, 0.717) is 0 Å². The summed E-state index contributed by atoms with van der Waals surface area (Å²) in [7, 11) is 0. The first-order chi connectivity index (χ1) is 8.41. The Bertz CT molecular complexity index is 219. The molecular weight excluding hydrogens is 272 g/mol. The number of alkyl halides is 1. The lowest BCUT2D eigenvalue weighted by atomic mass is 10.1. The highest BCUT2D eigenvalue weighted by Gasteiger charge is 1.89. The topological polar surface area (TPSA) is 0 Å². The molecule has 0 N–H and O–H groups in total. The summed E-state index contributed by atoms with van der Waals surface area (Å²) in [5, 5.41) is 1.16. The van der Waals surface area contributed by atoms with Gasteiger partial charge in [-0.05, 0) is 25.3 Å². The van der Waals surface area contributed by atoms with Crippen LogP contribution in [0.5, 0.6) is 0 Å². The average molecular weight is 299 g/mol. The standard InChI is InChI=1S/C16H27Br/c1-2-3-4-5-6-7-8-9-10-11-12-13-14-15-16-17/h5-6H,2-4,9-16H2,1H3/b6-5-. The molecule has 0 aliphatic heterocycles. The first kappa shape index (κ1) is 16.8. The summed E-state index contributed by atoms with van der Waals surface area (Å²) in [5.41, 5.74) is 0. The fraction of sp³-hybridized carbons (Fsp3) is 0.750. The van der Waals surface area contributed by atoms with Crippen molar-refractivity contribution in [3.05, 3.63) is 12.2 Å². The molecule has 0 atom stereocenters. The van der Waals surface area contributed by atoms with Crippen LogP contribution in [0.25, 0.3) is 0 Å². The van der Waals surface area contributed by atoms with E-state index in [1.165, 1.54) is 57.8 Å². The molecule has 0 nitrogen and oxygen atoms in total. The van der Waals surface area contributed by atoms with Crippen LogP contribution < -0.4 is 0 Å². The molecule has 0 rings (SSSR count). The van der Waals surface area contributed by atoms with Gasteiger partial charge in [-0.25, -0.2) is 0 Å². The summed E-state index contributed by atoms with van der Waals surface area (Å²) in [5.74, 6) is 6.34. The zero-order chi connectivity index (χ0) is 12.6. The minimum absolute atomic E-state index is 1.07. The highest BCUT2D eigenvalue weighted by molar-refractivity contribution is 9.09. The third kappa shape index (κ3) is 15.8. The van der Waals surface area contributed by atoms with E-state index in [1.807, 2.05) is 6.08 Å². The number of allylic oxidation sites excluding steroid dienone is 2. The first-order valence-electron chi connectivity index (χ1n) is 7.11. The number of halogens is 1. The van der Waals surface area contributed by atoms with Crippen LogP contribution in [-0.4, -0.2) is 5.33 Å². The molecule has 1 heteroatoms. The third-order valence-corrected chi connectivity index (χ3v) is 3.27. The van der Waals surface area contributed by atoms with E-state index < -0.39 is 0 Å². The van der Waals surface area contributed by atoms with Gasteiger partial charge in [0.25, 0.3) is 0 Å². The molecule has 0 aromatic heterocycles. The summed E-state index contributed by atoms with van der Waals surface area (Å²) in [6.07, 6.45) is 17.1. The van der Waals surface area contributed by atoms with Gasteiger partial charge in [0, 0.05) is 11.8 Å². The number of hydrogen-bond donors (Lipinski definition) is 0. The molecule has 0 unspecified atom stereocenters. The van der Waals surface area contributed by atoms with Crippen LogP contribution >= 0.6 is 15.9 Å². The van der Waals surface area contributed by atoms with E-state index in [2.05, 4.69) is 40.8 Å². The van der Waals surface area contributed by atoms with E-state index >= 15 is 0 Å². The molecule has 0 saturated heterocycles. The van der Waals surface area contributed by atoms with E-state index in [-0.39, 0.29) is 0 Å². The fourth-order valence-corrected chi connectivity index (χ4v) is 2.01. The van der Waals surface area contributed by atoms with Crippen LogP contribution in [0.1, 0.15) is 71.1 Å². The maximum Gasteiger partial charge on any atom is 0.00922 e. The van der Waals surface area contributed by atoms with Crippen molar-refractivity contribution in [2.45, 2.75) is 71.1 Å². The Morgan fingerprint density at radius 3 is 2.35 bits per heavy atom. The highest BCUT2D eigenvalue weighted by atomic mass is 79.9. The van der Waals surface area contributed by atoms with E-state index in [9.17, 15) is 0 Å². The lowest BCUT2D eigenvalue weighted by Crippen LogP contribution is -1.80. The first-order valence-corrected chi connectivity index (χ1v) is 8.23. The highest BCUT2D eigenvalue weighted by Crippen LogP contribution is 2.07. The van der Waals surface area contributed by atoms with Gasteiger partial charge in [0.15, 0.2) is 0 Å². The minimum atomic E-state index is 1.07. The molecule has 0 bridgehead atoms. The van der Waals surface area contributed by atoms with E-state index in [1.54, 1.807) is 0 Å². The van der Waals surface area contributed by atoms with Crippen LogP contribution in [0.15, 0.2) is 12.2 Å². The molecule has 0 radical (unpaired) electrons. The predicted molar refractivity (Wildman–Crippen MR) is 82.6 cm³/mol. The van der Waals surface area contributed by atoms with Crippen LogP contribution in [0.3, 0.4) is 0 Å². The van der Waals surface area contributed by atoms with Crippen molar-refractivity contribution >= 4 is 15.9 Å². The summed E-state index contributed by atoms with van der Waals surface area (Å²) >= 11 is 3.46. The third-order valence-electron chi connectivity index (χ3n) is 2.71. The van der Waals surface area contributed by atoms with Gasteiger partial charge >= 0.3 is 0 Å². The van der Waals surface area contributed by atoms with E-state index in [4.69, 9.17) is 0 Å². The van der Waals surface area contributed by atoms with Crippen LogP contribution in [0, 0.1) is 11.8 Å². The van der Waals surface area contributed by atoms with Gasteiger partial charge in [-0.1, -0.05) is 79.3 Å². The number of unbranched alkanes of at least 4 members (excludes halogenated alkanes) is 8. The Labute approximate surface area is 116 Å². The Balaban J connectivity index is 3.16. The van der Waals surface area contributed by atoms with Crippen molar-refractivity contribution in [2.75, 3.05) is 5.33 Å². The Morgan fingerprint density at radius 2 is 1.65 bits per heavy atom. The van der Waals surface area contributed by atoms with Crippen LogP contribution in [-0.2, 0) is 0 Å². The Kier molecular flexibility index (Phi) is 15.6. The molecule has 0 fully saturated rings. The maximum atomic E-state index is 3.46. The Morgan fingerprint density at radius 1 is 0.941 bits per heavy atom. The zero-order valence-electron chi connectivity index (χ0n) is 11.3. The van der Waals surface area contributed by atoms with Gasteiger partial charge in [-0.2, -0.15) is 0 Å². The van der Waals surface area contributed by atoms with Crippen molar-refractivity contribution in [3.8, 4) is 11.8 Å². The summed E-state index contributed by atoms with van der Waals surface area (Å²) < 4.78 is 0. The van der Waals surface area contributed by atoms with Gasteiger partial charge < -0.3 is 0 Å². The second-order valence-corrected chi connectivity index (χ2v) is 5.22. The lowest BCUT2D eigenvalue weighted by Gasteiger charge is -1.97. The lowest BCUT2D eigenvalue weighted by molar-refractivity contribution is 0.616. The van der Waals surface area contributed by atoms with Crippen molar-refractivity contribution in [1.29, 1.82) is 0 Å². The van der Waals surface area contributed by atoms with Gasteiger partial charge in [-0.3, -0.25) is 0 Å². The van der Waals surface area contributed by atoms with Crippen molar-refractivity contribution in [2.24, 2.45) is 0 Å². The largest absolute Gasteiger partial charge is 0.0985 e. The predicted octanol–water partition coefficient (Wildman–Crippen LogP) is 5.86. The number of rotatable bonds is 10. The Hall–Kier alpha value is -0.220. The van der Waals surface area contributed by atoms with Crippen molar-refractivity contribution in [1.82, 2.24) is 0 Å². The molecular formula is C16H27Br. The normalized spacial score (nSPS) is 10.5. The van der Waals surface area contributed by atoms with Gasteiger partial charge in [0.05, 0.1) is 0 Å². The molecule has 0 aromatic rings. The zero-order valence-corrected chi connectivity index (χ0v) is 12.9. The number of hydrogen-bond acceptors (Lipinski definition) is 0. The van der Waals surface area contributed by atoms with Crippen molar-refractivity contribution in [3.63, 3.8) is 0 Å². The fourth-order valence-electron chi connectivity index (χ4n) is 1.61. The van der Waals surface area contributed by atoms with Gasteiger partial charge in [-0.15, -0.1) is 0 Å². The van der Waals surface area contributed by atoms with Crippen LogP contribution in [0.2, 0.25) is 0 Å². The molecule has 98 valence electrons. The molecule has 0 aliphatic carbocycles. The van der Waals surface area contributed by atoms with Crippen LogP contribution in [0.4, 0.5) is 0 Å². The molecule has 0 saturated carbocycles. The summed E-state index contributed by atoms with van der Waals surface area (Å²) in [6, 6.07) is 0.